The molecule has 0 radical (unpaired) electrons. The van der Waals surface area contributed by atoms with E-state index in [1.54, 1.807) is 0 Å². The molecule has 1 aromatic heterocycles. The normalized spacial score (nSPS) is 11.7. The Morgan fingerprint density at radius 3 is 0.333 bits per heavy atom. The molecule has 6 aromatic carbocycles. The Bertz CT molecular complexity index is 2940. The number of halogens is 27. The van der Waals surface area contributed by atoms with Crippen LogP contribution in [0.3, 0.4) is 0 Å². The van der Waals surface area contributed by atoms with Crippen molar-refractivity contribution in [2.24, 2.45) is 0 Å². The number of hydrogen-bond acceptors (Lipinski definition) is 3. The molecular weight excluding hydrogens is 1020 g/mol. The van der Waals surface area contributed by atoms with Gasteiger partial charge in [0, 0.05) is 0 Å². The molecule has 360 valence electrons. The summed E-state index contributed by atoms with van der Waals surface area (Å²) in [5.41, 5.74) is -25.3. The average molecular weight is 1020 g/mol. The van der Waals surface area contributed by atoms with E-state index in [1.807, 2.05) is 0 Å². The van der Waals surface area contributed by atoms with Gasteiger partial charge in [-0.05, 0) is 0 Å². The summed E-state index contributed by atoms with van der Waals surface area (Å²) in [5, 5.41) is 0. The Morgan fingerprint density at radius 2 is 0.203 bits per heavy atom. The molecule has 0 amide bonds. The van der Waals surface area contributed by atoms with Gasteiger partial charge in [0.1, 0.15) is 0 Å². The minimum Gasteiger partial charge on any atom is -0.208 e. The molecule has 69 heavy (non-hydrogen) atoms. The molecule has 0 spiro atoms. The van der Waals surface area contributed by atoms with E-state index < -0.39 is 225 Å². The lowest BCUT2D eigenvalue weighted by Gasteiger charge is -2.17. The van der Waals surface area contributed by atoms with Crippen molar-refractivity contribution in [3.05, 3.63) is 157 Å². The summed E-state index contributed by atoms with van der Waals surface area (Å²) in [6.45, 7) is 0. The van der Waals surface area contributed by atoms with Crippen molar-refractivity contribution in [3.8, 4) is 67.5 Å². The number of aromatic nitrogens is 3. The molecule has 0 aliphatic heterocycles. The minimum atomic E-state index is -3.29. The van der Waals surface area contributed by atoms with Gasteiger partial charge in [-0.2, -0.15) is 0 Å². The maximum Gasteiger partial charge on any atom is 0.200 e. The Kier molecular flexibility index (Phi) is 12.1. The van der Waals surface area contributed by atoms with Crippen molar-refractivity contribution >= 4 is 0 Å². The quantitative estimate of drug-likeness (QED) is 0.0946. The Hall–Kier alpha value is -7.56. The topological polar surface area (TPSA) is 38.7 Å². The average Bonchev–Trinajstić information content (AvgIpc) is 3.31. The monoisotopic (exact) mass is 1020 g/mol. The highest BCUT2D eigenvalue weighted by atomic mass is 19.2. The van der Waals surface area contributed by atoms with Crippen LogP contribution in [0.15, 0.2) is 0 Å². The summed E-state index contributed by atoms with van der Waals surface area (Å²) in [7, 11) is 0. The van der Waals surface area contributed by atoms with E-state index in [0.717, 1.165) is 0 Å². The first-order chi connectivity index (χ1) is 32.0. The first kappa shape index (κ1) is 49.3. The molecule has 0 N–H and O–H groups in total. The van der Waals surface area contributed by atoms with E-state index in [2.05, 4.69) is 15.0 Å². The predicted octanol–water partition coefficient (Wildman–Crippen LogP) is 13.6. The molecule has 30 heteroatoms. The van der Waals surface area contributed by atoms with Gasteiger partial charge < -0.3 is 0 Å². The second-order valence-electron chi connectivity index (χ2n) is 13.2. The summed E-state index contributed by atoms with van der Waals surface area (Å²) in [4.78, 5) is 8.24. The summed E-state index contributed by atoms with van der Waals surface area (Å²) in [6.07, 6.45) is 0. The van der Waals surface area contributed by atoms with Crippen LogP contribution in [0.5, 0.6) is 0 Å². The van der Waals surface area contributed by atoms with Crippen LogP contribution < -0.4 is 0 Å². The van der Waals surface area contributed by atoms with Gasteiger partial charge in [-0.25, -0.2) is 133 Å². The number of nitrogens with zero attached hydrogens (tertiary/aromatic N) is 3. The fourth-order valence-corrected chi connectivity index (χ4v) is 6.33. The van der Waals surface area contributed by atoms with Gasteiger partial charge in [-0.1, -0.05) is 0 Å². The maximum absolute atomic E-state index is 15.8. The van der Waals surface area contributed by atoms with E-state index in [9.17, 15) is 65.9 Å². The lowest BCUT2D eigenvalue weighted by atomic mass is 9.97. The molecule has 7 rings (SSSR count). The van der Waals surface area contributed by atoms with Crippen molar-refractivity contribution in [2.45, 2.75) is 0 Å². The zero-order chi connectivity index (χ0) is 51.6. The molecule has 0 saturated carbocycles. The molecule has 0 fully saturated rings. The van der Waals surface area contributed by atoms with Gasteiger partial charge in [0.2, 0.25) is 17.5 Å². The van der Waals surface area contributed by atoms with Crippen LogP contribution in [0, 0.1) is 157 Å². The highest BCUT2D eigenvalue weighted by Crippen LogP contribution is 2.45. The molecule has 0 aliphatic rings. The molecule has 0 aliphatic carbocycles. The van der Waals surface area contributed by atoms with Crippen molar-refractivity contribution in [2.75, 3.05) is 0 Å². The summed E-state index contributed by atoms with van der Waals surface area (Å²) in [5.74, 6) is -93.7. The van der Waals surface area contributed by atoms with Crippen LogP contribution >= 0.6 is 0 Å². The predicted molar refractivity (Wildman–Crippen MR) is 171 cm³/mol. The van der Waals surface area contributed by atoms with Gasteiger partial charge in [-0.15, -0.1) is 0 Å². The lowest BCUT2D eigenvalue weighted by Crippen LogP contribution is -2.14. The second kappa shape index (κ2) is 16.9. The molecule has 1 heterocycles. The largest absolute Gasteiger partial charge is 0.208 e. The fraction of sp³-hybridized carbons (Fsp3) is 0. The highest BCUT2D eigenvalue weighted by Gasteiger charge is 2.40. The first-order valence-corrected chi connectivity index (χ1v) is 16.9. The highest BCUT2D eigenvalue weighted by molar-refractivity contribution is 5.77. The van der Waals surface area contributed by atoms with Crippen LogP contribution in [0.25, 0.3) is 67.5 Å². The minimum absolute atomic E-state index is 2.57. The Morgan fingerprint density at radius 1 is 0.116 bits per heavy atom. The van der Waals surface area contributed by atoms with Crippen molar-refractivity contribution in [3.63, 3.8) is 0 Å². The summed E-state index contributed by atoms with van der Waals surface area (Å²) in [6, 6.07) is 0. The zero-order valence-electron chi connectivity index (χ0n) is 31.0. The Balaban J connectivity index is 1.61. The Labute approximate surface area is 358 Å². The summed E-state index contributed by atoms with van der Waals surface area (Å²) < 4.78 is 401. The van der Waals surface area contributed by atoms with Gasteiger partial charge >= 0.3 is 0 Å². The standard InChI is InChI=1S/C39F27N3/c40-10-1(4-16(46)28(58)34(64)29(59)17(4)47)11(41)23(53)7(22(10)52)37-67-38(8-24(54)12(42)2(13(43)25(8)55)5-18(48)30(60)35(65)31(61)19(5)49)69-39(68-37)9-26(56)14(44)3(15(45)27(9)57)6-20(50)32(62)36(66)33(63)21(6)51. The molecule has 7 aromatic rings. The molecule has 3 nitrogen and oxygen atoms in total. The number of hydrogen-bond donors (Lipinski definition) is 0. The first-order valence-electron chi connectivity index (χ1n) is 16.9. The van der Waals surface area contributed by atoms with Crippen LogP contribution in [-0.2, 0) is 0 Å². The lowest BCUT2D eigenvalue weighted by molar-refractivity contribution is 0.379. The van der Waals surface area contributed by atoms with Gasteiger partial charge in [-0.3, -0.25) is 0 Å². The van der Waals surface area contributed by atoms with Crippen molar-refractivity contribution < 1.29 is 119 Å². The van der Waals surface area contributed by atoms with Crippen molar-refractivity contribution in [1.82, 2.24) is 15.0 Å². The van der Waals surface area contributed by atoms with Crippen LogP contribution in [-0.4, -0.2) is 15.0 Å². The second-order valence-corrected chi connectivity index (χ2v) is 13.2. The summed E-state index contributed by atoms with van der Waals surface area (Å²) >= 11 is 0. The van der Waals surface area contributed by atoms with Gasteiger partial charge in [0.15, 0.2) is 157 Å². The molecule has 0 saturated heterocycles. The molecule has 0 atom stereocenters. The zero-order valence-corrected chi connectivity index (χ0v) is 31.0. The SMILES string of the molecule is Fc1c(F)c(F)c(-c2c(F)c(F)c(-c3nc(-c4c(F)c(F)c(-c5c(F)c(F)c(F)c(F)c5F)c(F)c4F)nc(-c4c(F)c(F)c(-c5c(F)c(F)c(F)c(F)c5F)c(F)c4F)n3)c(F)c2F)c(F)c1F. The maximum atomic E-state index is 15.8. The third-order valence-electron chi connectivity index (χ3n) is 9.48. The van der Waals surface area contributed by atoms with E-state index in [1.165, 1.54) is 0 Å². The van der Waals surface area contributed by atoms with Gasteiger partial charge in [0.25, 0.3) is 0 Å². The van der Waals surface area contributed by atoms with E-state index in [-0.39, 0.29) is 0 Å². The number of rotatable bonds is 6. The molecule has 0 unspecified atom stereocenters. The number of benzene rings is 6. The smallest absolute Gasteiger partial charge is 0.200 e. The molecule has 0 bridgehead atoms. The van der Waals surface area contributed by atoms with E-state index in [0.29, 0.717) is 0 Å². The van der Waals surface area contributed by atoms with Gasteiger partial charge in [0.05, 0.1) is 50.1 Å². The third-order valence-corrected chi connectivity index (χ3v) is 9.48. The van der Waals surface area contributed by atoms with Crippen LogP contribution in [0.2, 0.25) is 0 Å². The van der Waals surface area contributed by atoms with E-state index >= 15 is 52.7 Å². The third kappa shape index (κ3) is 6.94. The van der Waals surface area contributed by atoms with Crippen molar-refractivity contribution in [1.29, 1.82) is 0 Å². The van der Waals surface area contributed by atoms with Crippen LogP contribution in [0.4, 0.5) is 119 Å². The van der Waals surface area contributed by atoms with E-state index in [4.69, 9.17) is 0 Å². The molecular formula is C39F27N3. The fourth-order valence-electron chi connectivity index (χ4n) is 6.33. The van der Waals surface area contributed by atoms with Crippen LogP contribution in [0.1, 0.15) is 0 Å².